The number of aromatic nitrogens is 4. The molecule has 1 aliphatic rings. The molecule has 2 aromatic heterocycles. The van der Waals surface area contributed by atoms with Gasteiger partial charge in [0, 0.05) is 23.2 Å². The van der Waals surface area contributed by atoms with Gasteiger partial charge in [-0.2, -0.15) is 20.7 Å². The molecule has 3 atom stereocenters. The maximum absolute atomic E-state index is 9.28. The highest BCUT2D eigenvalue weighted by Gasteiger charge is 2.32. The number of benzene rings is 1. The summed E-state index contributed by atoms with van der Waals surface area (Å²) < 4.78 is 0. The zero-order chi connectivity index (χ0) is 18.8. The Morgan fingerprint density at radius 3 is 2.78 bits per heavy atom. The first-order valence-corrected chi connectivity index (χ1v) is 9.20. The van der Waals surface area contributed by atoms with Gasteiger partial charge in [-0.25, -0.2) is 0 Å². The molecule has 0 radical (unpaired) electrons. The third-order valence-corrected chi connectivity index (χ3v) is 5.57. The van der Waals surface area contributed by atoms with Gasteiger partial charge in [-0.3, -0.25) is 4.98 Å². The van der Waals surface area contributed by atoms with Crippen molar-refractivity contribution in [1.82, 2.24) is 20.4 Å². The minimum atomic E-state index is 0.239. The molecule has 1 aromatic carbocycles. The van der Waals surface area contributed by atoms with Crippen LogP contribution in [0.3, 0.4) is 0 Å². The second-order valence-corrected chi connectivity index (χ2v) is 7.21. The normalized spacial score (nSPS) is 21.7. The van der Waals surface area contributed by atoms with E-state index in [0.717, 1.165) is 34.6 Å². The van der Waals surface area contributed by atoms with Crippen LogP contribution in [0, 0.1) is 23.2 Å². The number of hydrogen-bond acceptors (Lipinski definition) is 4. The van der Waals surface area contributed by atoms with Gasteiger partial charge in [0.15, 0.2) is 0 Å². The Balaban J connectivity index is 1.58. The summed E-state index contributed by atoms with van der Waals surface area (Å²) in [6, 6.07) is 13.8. The van der Waals surface area contributed by atoms with E-state index in [4.69, 9.17) is 0 Å². The fourth-order valence-corrected chi connectivity index (χ4v) is 3.74. The van der Waals surface area contributed by atoms with E-state index < -0.39 is 0 Å². The lowest BCUT2D eigenvalue weighted by Gasteiger charge is -2.30. The van der Waals surface area contributed by atoms with Crippen molar-refractivity contribution in [3.63, 3.8) is 0 Å². The Labute approximate surface area is 158 Å². The highest BCUT2D eigenvalue weighted by Crippen LogP contribution is 2.38. The molecule has 4 rings (SSSR count). The molecule has 0 fully saturated rings. The van der Waals surface area contributed by atoms with Crippen molar-refractivity contribution >= 4 is 6.08 Å². The summed E-state index contributed by atoms with van der Waals surface area (Å²) >= 11 is 0. The van der Waals surface area contributed by atoms with Crippen LogP contribution in [0.1, 0.15) is 42.4 Å². The molecular formula is C22H21N5. The van der Waals surface area contributed by atoms with Crippen molar-refractivity contribution in [2.75, 3.05) is 0 Å². The highest BCUT2D eigenvalue weighted by molar-refractivity contribution is 5.70. The van der Waals surface area contributed by atoms with Gasteiger partial charge >= 0.3 is 0 Å². The molecule has 0 saturated heterocycles. The standard InChI is InChI=1S/C22H21N5/c1-14-11-21-22(26-27-25-21)19(15(14)2)10-9-18-8-7-17(13-24-18)20-6-4-3-5-16(20)12-23/h3-10,13-15,19H,11H2,1-2H3,(H,25,26,27)/t14-,15+,19-/m0/s1. The number of hydrogen-bond donors (Lipinski definition) is 1. The molecule has 1 N–H and O–H groups in total. The Kier molecular flexibility index (Phi) is 4.55. The molecule has 3 aromatic rings. The lowest BCUT2D eigenvalue weighted by atomic mass is 9.74. The molecule has 0 amide bonds. The van der Waals surface area contributed by atoms with E-state index in [1.165, 1.54) is 0 Å². The predicted molar refractivity (Wildman–Crippen MR) is 105 cm³/mol. The number of pyridine rings is 1. The van der Waals surface area contributed by atoms with Crippen LogP contribution in [0.25, 0.3) is 17.2 Å². The number of nitriles is 1. The van der Waals surface area contributed by atoms with Crippen molar-refractivity contribution in [2.24, 2.45) is 11.8 Å². The van der Waals surface area contributed by atoms with E-state index in [1.807, 2.05) is 42.6 Å². The minimum absolute atomic E-state index is 0.239. The van der Waals surface area contributed by atoms with Crippen molar-refractivity contribution in [3.8, 4) is 17.2 Å². The molecule has 0 spiro atoms. The predicted octanol–water partition coefficient (Wildman–Crippen LogP) is 4.36. The van der Waals surface area contributed by atoms with Crippen molar-refractivity contribution in [3.05, 3.63) is 71.3 Å². The number of nitrogens with one attached hydrogen (secondary N) is 1. The fraction of sp³-hybridized carbons (Fsp3) is 0.273. The van der Waals surface area contributed by atoms with Gasteiger partial charge in [0.2, 0.25) is 0 Å². The molecule has 1 aliphatic carbocycles. The van der Waals surface area contributed by atoms with Gasteiger partial charge in [-0.1, -0.05) is 44.2 Å². The van der Waals surface area contributed by atoms with Crippen LogP contribution in [-0.4, -0.2) is 20.4 Å². The number of H-pyrrole nitrogens is 1. The van der Waals surface area contributed by atoms with E-state index in [9.17, 15) is 5.26 Å². The number of rotatable bonds is 3. The first kappa shape index (κ1) is 17.2. The maximum Gasteiger partial charge on any atom is 0.0998 e. The number of nitrogens with zero attached hydrogens (tertiary/aromatic N) is 4. The monoisotopic (exact) mass is 355 g/mol. The van der Waals surface area contributed by atoms with E-state index in [1.54, 1.807) is 0 Å². The third kappa shape index (κ3) is 3.26. The van der Waals surface area contributed by atoms with Gasteiger partial charge in [0.25, 0.3) is 0 Å². The summed E-state index contributed by atoms with van der Waals surface area (Å²) in [7, 11) is 0. The molecule has 5 heteroatoms. The van der Waals surface area contributed by atoms with Crippen LogP contribution < -0.4 is 0 Å². The lowest BCUT2D eigenvalue weighted by molar-refractivity contribution is 0.326. The zero-order valence-corrected chi connectivity index (χ0v) is 15.4. The number of allylic oxidation sites excluding steroid dienone is 1. The third-order valence-electron chi connectivity index (χ3n) is 5.57. The summed E-state index contributed by atoms with van der Waals surface area (Å²) in [6.07, 6.45) is 7.04. The average molecular weight is 355 g/mol. The van der Waals surface area contributed by atoms with E-state index in [2.05, 4.69) is 52.5 Å². The maximum atomic E-state index is 9.28. The molecule has 0 unspecified atom stereocenters. The molecule has 0 bridgehead atoms. The van der Waals surface area contributed by atoms with Crippen molar-refractivity contribution in [2.45, 2.75) is 26.2 Å². The number of aromatic amines is 1. The smallest absolute Gasteiger partial charge is 0.0998 e. The summed E-state index contributed by atoms with van der Waals surface area (Å²) in [5.74, 6) is 1.30. The molecule has 0 saturated carbocycles. The Morgan fingerprint density at radius 2 is 2.00 bits per heavy atom. The van der Waals surface area contributed by atoms with Crippen molar-refractivity contribution < 1.29 is 0 Å². The second kappa shape index (κ2) is 7.16. The van der Waals surface area contributed by atoms with Crippen LogP contribution in [-0.2, 0) is 6.42 Å². The Bertz CT molecular complexity index is 1010. The summed E-state index contributed by atoms with van der Waals surface area (Å²) in [5.41, 5.74) is 5.53. The van der Waals surface area contributed by atoms with E-state index in [0.29, 0.717) is 17.4 Å². The Morgan fingerprint density at radius 1 is 1.15 bits per heavy atom. The van der Waals surface area contributed by atoms with E-state index in [-0.39, 0.29) is 5.92 Å². The topological polar surface area (TPSA) is 78.2 Å². The highest BCUT2D eigenvalue weighted by atomic mass is 15.3. The van der Waals surface area contributed by atoms with Gasteiger partial charge in [0.05, 0.1) is 28.7 Å². The summed E-state index contributed by atoms with van der Waals surface area (Å²) in [4.78, 5) is 4.56. The van der Waals surface area contributed by atoms with E-state index >= 15 is 0 Å². The van der Waals surface area contributed by atoms with Gasteiger partial charge in [-0.15, -0.1) is 0 Å². The summed E-state index contributed by atoms with van der Waals surface area (Å²) in [5, 5.41) is 20.7. The van der Waals surface area contributed by atoms with Crippen LogP contribution in [0.5, 0.6) is 0 Å². The van der Waals surface area contributed by atoms with Crippen molar-refractivity contribution in [1.29, 1.82) is 5.26 Å². The van der Waals surface area contributed by atoms with Crippen LogP contribution in [0.4, 0.5) is 0 Å². The molecule has 134 valence electrons. The quantitative estimate of drug-likeness (QED) is 0.757. The molecular weight excluding hydrogens is 334 g/mol. The van der Waals surface area contributed by atoms with Crippen LogP contribution in [0.2, 0.25) is 0 Å². The van der Waals surface area contributed by atoms with Crippen LogP contribution >= 0.6 is 0 Å². The van der Waals surface area contributed by atoms with Gasteiger partial charge in [0.1, 0.15) is 0 Å². The zero-order valence-electron chi connectivity index (χ0n) is 15.4. The molecule has 5 nitrogen and oxygen atoms in total. The molecule has 2 heterocycles. The molecule has 0 aliphatic heterocycles. The minimum Gasteiger partial charge on any atom is -0.256 e. The summed E-state index contributed by atoms with van der Waals surface area (Å²) in [6.45, 7) is 4.54. The SMILES string of the molecule is C[C@H]1[C@H](C=Cc2ccc(-c3ccccc3C#N)cn2)c2n[nH]nc2C[C@@H]1C. The largest absolute Gasteiger partial charge is 0.256 e. The first-order chi connectivity index (χ1) is 13.2. The van der Waals surface area contributed by atoms with Gasteiger partial charge < -0.3 is 0 Å². The van der Waals surface area contributed by atoms with Crippen LogP contribution in [0.15, 0.2) is 48.7 Å². The number of fused-ring (bicyclic) bond motifs is 1. The fourth-order valence-electron chi connectivity index (χ4n) is 3.74. The molecule has 27 heavy (non-hydrogen) atoms. The second-order valence-electron chi connectivity index (χ2n) is 7.21. The van der Waals surface area contributed by atoms with Gasteiger partial charge in [-0.05, 0) is 36.5 Å². The first-order valence-electron chi connectivity index (χ1n) is 9.20. The Hall–Kier alpha value is -3.26. The average Bonchev–Trinajstić information content (AvgIpc) is 3.16. The lowest BCUT2D eigenvalue weighted by Crippen LogP contribution is -2.24.